The number of halogens is 2. The number of hydrogen-bond donors (Lipinski definition) is 1. The molecule has 0 saturated heterocycles. The molecule has 0 aliphatic heterocycles. The third kappa shape index (κ3) is 4.54. The van der Waals surface area contributed by atoms with Crippen molar-refractivity contribution >= 4 is 39.7 Å². The average molecular weight is 342 g/mol. The highest BCUT2D eigenvalue weighted by Crippen LogP contribution is 2.12. The van der Waals surface area contributed by atoms with Gasteiger partial charge in [0.05, 0.1) is 12.6 Å². The van der Waals surface area contributed by atoms with Gasteiger partial charge in [0.2, 0.25) is 5.91 Å². The van der Waals surface area contributed by atoms with Crippen LogP contribution in [0.2, 0.25) is 5.02 Å². The maximum absolute atomic E-state index is 11.6. The van der Waals surface area contributed by atoms with Gasteiger partial charge >= 0.3 is 0 Å². The minimum Gasteiger partial charge on any atom is -0.448 e. The molecule has 19 heavy (non-hydrogen) atoms. The van der Waals surface area contributed by atoms with Crippen molar-refractivity contribution in [1.82, 2.24) is 5.43 Å². The Morgan fingerprint density at radius 1 is 1.32 bits per heavy atom. The highest BCUT2D eigenvalue weighted by atomic mass is 79.9. The zero-order valence-corrected chi connectivity index (χ0v) is 12.1. The normalized spacial score (nSPS) is 10.8. The van der Waals surface area contributed by atoms with E-state index in [4.69, 9.17) is 16.0 Å². The topological polar surface area (TPSA) is 54.6 Å². The lowest BCUT2D eigenvalue weighted by Gasteiger charge is -2.00. The second kappa shape index (κ2) is 6.54. The van der Waals surface area contributed by atoms with Gasteiger partial charge in [-0.2, -0.15) is 5.10 Å². The highest BCUT2D eigenvalue weighted by molar-refractivity contribution is 9.10. The fourth-order valence-corrected chi connectivity index (χ4v) is 1.84. The summed E-state index contributed by atoms with van der Waals surface area (Å²) < 4.78 is 5.81. The van der Waals surface area contributed by atoms with E-state index in [9.17, 15) is 4.79 Å². The predicted molar refractivity (Wildman–Crippen MR) is 77.3 cm³/mol. The van der Waals surface area contributed by atoms with Crippen molar-refractivity contribution in [2.45, 2.75) is 6.42 Å². The molecule has 2 aromatic rings. The Labute approximate surface area is 123 Å². The molecule has 98 valence electrons. The summed E-state index contributed by atoms with van der Waals surface area (Å²) >= 11 is 8.94. The molecule has 1 N–H and O–H groups in total. The van der Waals surface area contributed by atoms with Crippen molar-refractivity contribution in [2.24, 2.45) is 5.10 Å². The van der Waals surface area contributed by atoms with E-state index in [1.165, 1.54) is 6.21 Å². The van der Waals surface area contributed by atoms with Gasteiger partial charge < -0.3 is 4.42 Å². The fourth-order valence-electron chi connectivity index (χ4n) is 1.39. The van der Waals surface area contributed by atoms with Gasteiger partial charge in [-0.15, -0.1) is 0 Å². The van der Waals surface area contributed by atoms with Gasteiger partial charge in [0.25, 0.3) is 0 Å². The predicted octanol–water partition coefficient (Wildman–Crippen LogP) is 3.39. The van der Waals surface area contributed by atoms with Gasteiger partial charge in [0.15, 0.2) is 4.67 Å². The molecule has 4 nitrogen and oxygen atoms in total. The summed E-state index contributed by atoms with van der Waals surface area (Å²) in [5.74, 6) is 0.350. The summed E-state index contributed by atoms with van der Waals surface area (Å²) in [5.41, 5.74) is 3.30. The average Bonchev–Trinajstić information content (AvgIpc) is 2.78. The largest absolute Gasteiger partial charge is 0.448 e. The molecule has 0 radical (unpaired) electrons. The summed E-state index contributed by atoms with van der Waals surface area (Å²) in [6, 6.07) is 10.6. The molecular formula is C13H10BrClN2O2. The molecular weight excluding hydrogens is 332 g/mol. The van der Waals surface area contributed by atoms with Crippen LogP contribution in [-0.2, 0) is 11.2 Å². The molecule has 1 aromatic carbocycles. The first-order valence-corrected chi connectivity index (χ1v) is 6.62. The third-order valence-electron chi connectivity index (χ3n) is 2.25. The Bertz CT molecular complexity index is 593. The lowest BCUT2D eigenvalue weighted by atomic mass is 10.1. The van der Waals surface area contributed by atoms with Gasteiger partial charge in [-0.25, -0.2) is 5.43 Å². The van der Waals surface area contributed by atoms with Crippen LogP contribution in [0.3, 0.4) is 0 Å². The van der Waals surface area contributed by atoms with Crippen molar-refractivity contribution < 1.29 is 9.21 Å². The maximum Gasteiger partial charge on any atom is 0.244 e. The Morgan fingerprint density at radius 3 is 2.68 bits per heavy atom. The van der Waals surface area contributed by atoms with E-state index in [0.717, 1.165) is 5.56 Å². The van der Waals surface area contributed by atoms with Crippen LogP contribution in [0, 0.1) is 0 Å². The van der Waals surface area contributed by atoms with E-state index in [2.05, 4.69) is 26.5 Å². The number of amides is 1. The van der Waals surface area contributed by atoms with E-state index in [0.29, 0.717) is 15.5 Å². The van der Waals surface area contributed by atoms with E-state index in [-0.39, 0.29) is 12.3 Å². The summed E-state index contributed by atoms with van der Waals surface area (Å²) in [6.45, 7) is 0. The van der Waals surface area contributed by atoms with Crippen LogP contribution >= 0.6 is 27.5 Å². The molecule has 1 aromatic heterocycles. The molecule has 0 aliphatic rings. The number of nitrogens with one attached hydrogen (secondary N) is 1. The SMILES string of the molecule is O=C(Cc1ccc(Cl)cc1)NN=Cc1ccc(Br)o1. The summed E-state index contributed by atoms with van der Waals surface area (Å²) in [5, 5.41) is 4.45. The lowest BCUT2D eigenvalue weighted by Crippen LogP contribution is -2.19. The van der Waals surface area contributed by atoms with E-state index in [1.807, 2.05) is 0 Å². The van der Waals surface area contributed by atoms with Crippen molar-refractivity contribution in [3.8, 4) is 0 Å². The standard InChI is InChI=1S/C13H10BrClN2O2/c14-12-6-5-11(19-12)8-16-17-13(18)7-9-1-3-10(15)4-2-9/h1-6,8H,7H2,(H,17,18). The number of benzene rings is 1. The fraction of sp³-hybridized carbons (Fsp3) is 0.0769. The molecule has 0 bridgehead atoms. The zero-order chi connectivity index (χ0) is 13.7. The first-order valence-electron chi connectivity index (χ1n) is 5.45. The zero-order valence-electron chi connectivity index (χ0n) is 9.77. The Balaban J connectivity index is 1.84. The van der Waals surface area contributed by atoms with E-state index < -0.39 is 0 Å². The van der Waals surface area contributed by atoms with Crippen LogP contribution < -0.4 is 5.43 Å². The molecule has 0 unspecified atom stereocenters. The molecule has 0 saturated carbocycles. The smallest absolute Gasteiger partial charge is 0.244 e. The highest BCUT2D eigenvalue weighted by Gasteiger charge is 2.02. The molecule has 2 rings (SSSR count). The monoisotopic (exact) mass is 340 g/mol. The summed E-state index contributed by atoms with van der Waals surface area (Å²) in [7, 11) is 0. The third-order valence-corrected chi connectivity index (χ3v) is 2.93. The van der Waals surface area contributed by atoms with Gasteiger partial charge in [-0.1, -0.05) is 23.7 Å². The Hall–Kier alpha value is -1.59. The second-order valence-corrected chi connectivity index (χ2v) is 4.96. The Kier molecular flexibility index (Phi) is 4.76. The second-order valence-electron chi connectivity index (χ2n) is 3.74. The molecule has 6 heteroatoms. The quantitative estimate of drug-likeness (QED) is 0.684. The number of carbonyl (C=O) groups excluding carboxylic acids is 1. The minimum atomic E-state index is -0.204. The van der Waals surface area contributed by atoms with Crippen LogP contribution in [-0.4, -0.2) is 12.1 Å². The molecule has 1 heterocycles. The first-order chi connectivity index (χ1) is 9.13. The van der Waals surface area contributed by atoms with Gasteiger partial charge in [0, 0.05) is 5.02 Å². The van der Waals surface area contributed by atoms with Crippen LogP contribution in [0.1, 0.15) is 11.3 Å². The molecule has 0 fully saturated rings. The number of rotatable bonds is 4. The van der Waals surface area contributed by atoms with Gasteiger partial charge in [-0.05, 0) is 45.8 Å². The van der Waals surface area contributed by atoms with E-state index in [1.54, 1.807) is 36.4 Å². The van der Waals surface area contributed by atoms with Crippen molar-refractivity contribution in [1.29, 1.82) is 0 Å². The number of nitrogens with zero attached hydrogens (tertiary/aromatic N) is 1. The van der Waals surface area contributed by atoms with Crippen LogP contribution in [0.15, 0.2) is 50.6 Å². The maximum atomic E-state index is 11.6. The molecule has 1 amide bonds. The van der Waals surface area contributed by atoms with Crippen molar-refractivity contribution in [3.63, 3.8) is 0 Å². The lowest BCUT2D eigenvalue weighted by molar-refractivity contribution is -0.120. The summed E-state index contributed by atoms with van der Waals surface area (Å²) in [4.78, 5) is 11.6. The van der Waals surface area contributed by atoms with Crippen LogP contribution in [0.5, 0.6) is 0 Å². The first kappa shape index (κ1) is 13.8. The summed E-state index contributed by atoms with van der Waals surface area (Å²) in [6.07, 6.45) is 1.68. The van der Waals surface area contributed by atoms with Crippen molar-refractivity contribution in [2.75, 3.05) is 0 Å². The molecule has 0 atom stereocenters. The number of hydrogen-bond acceptors (Lipinski definition) is 3. The van der Waals surface area contributed by atoms with Crippen LogP contribution in [0.4, 0.5) is 0 Å². The van der Waals surface area contributed by atoms with E-state index >= 15 is 0 Å². The van der Waals surface area contributed by atoms with Gasteiger partial charge in [-0.3, -0.25) is 4.79 Å². The number of carbonyl (C=O) groups is 1. The number of hydrazone groups is 1. The minimum absolute atomic E-state index is 0.204. The van der Waals surface area contributed by atoms with Crippen molar-refractivity contribution in [3.05, 3.63) is 57.4 Å². The Morgan fingerprint density at radius 2 is 2.05 bits per heavy atom. The van der Waals surface area contributed by atoms with Crippen LogP contribution in [0.25, 0.3) is 0 Å². The number of furan rings is 1. The van der Waals surface area contributed by atoms with Gasteiger partial charge in [0.1, 0.15) is 5.76 Å². The molecule has 0 aliphatic carbocycles. The molecule has 0 spiro atoms.